The third-order valence-corrected chi connectivity index (χ3v) is 7.27. The van der Waals surface area contributed by atoms with Crippen LogP contribution in [0.5, 0.6) is 0 Å². The molecule has 7 heteroatoms. The standard InChI is InChI=1S/C19H19ClN2O3S/c1-12-16(20)7-4-13-3-2-10-22(19(12)13)26(24,25)15-6-8-17-14(11-15)5-9-18(23)21-17/h4,6-8,11H,2-3,5,9-10H2,1H3,(H,21,23). The molecule has 1 N–H and O–H groups in total. The van der Waals surface area contributed by atoms with E-state index in [0.717, 1.165) is 29.5 Å². The van der Waals surface area contributed by atoms with Gasteiger partial charge < -0.3 is 5.32 Å². The van der Waals surface area contributed by atoms with Gasteiger partial charge in [-0.1, -0.05) is 17.7 Å². The molecule has 26 heavy (non-hydrogen) atoms. The van der Waals surface area contributed by atoms with E-state index in [1.165, 1.54) is 4.31 Å². The van der Waals surface area contributed by atoms with E-state index in [4.69, 9.17) is 11.6 Å². The molecule has 0 atom stereocenters. The fraction of sp³-hybridized carbons (Fsp3) is 0.316. The number of aryl methyl sites for hydroxylation is 2. The number of benzene rings is 2. The first kappa shape index (κ1) is 17.4. The number of hydrogen-bond donors (Lipinski definition) is 1. The van der Waals surface area contributed by atoms with Gasteiger partial charge in [0, 0.05) is 23.7 Å². The Morgan fingerprint density at radius 2 is 1.88 bits per heavy atom. The molecular formula is C19H19ClN2O3S. The topological polar surface area (TPSA) is 66.5 Å². The number of hydrogen-bond acceptors (Lipinski definition) is 3. The van der Waals surface area contributed by atoms with Crippen LogP contribution in [0.3, 0.4) is 0 Å². The number of carbonyl (C=O) groups excluding carboxylic acids is 1. The molecule has 2 aliphatic heterocycles. The van der Waals surface area contributed by atoms with Crippen LogP contribution in [0.1, 0.15) is 29.5 Å². The van der Waals surface area contributed by atoms with Crippen molar-refractivity contribution in [2.24, 2.45) is 0 Å². The van der Waals surface area contributed by atoms with Crippen LogP contribution >= 0.6 is 11.6 Å². The van der Waals surface area contributed by atoms with Gasteiger partial charge in [-0.05, 0) is 67.1 Å². The van der Waals surface area contributed by atoms with Gasteiger partial charge in [0.2, 0.25) is 5.91 Å². The van der Waals surface area contributed by atoms with Gasteiger partial charge >= 0.3 is 0 Å². The number of nitrogens with one attached hydrogen (secondary N) is 1. The monoisotopic (exact) mass is 390 g/mol. The number of rotatable bonds is 2. The fourth-order valence-electron chi connectivity index (χ4n) is 3.69. The van der Waals surface area contributed by atoms with Crippen molar-refractivity contribution in [3.8, 4) is 0 Å². The van der Waals surface area contributed by atoms with Gasteiger partial charge in [0.05, 0.1) is 10.6 Å². The van der Waals surface area contributed by atoms with E-state index in [0.29, 0.717) is 35.8 Å². The van der Waals surface area contributed by atoms with E-state index in [2.05, 4.69) is 5.32 Å². The molecule has 0 unspecified atom stereocenters. The summed E-state index contributed by atoms with van der Waals surface area (Å²) in [7, 11) is -3.70. The summed E-state index contributed by atoms with van der Waals surface area (Å²) < 4.78 is 28.2. The molecule has 0 spiro atoms. The SMILES string of the molecule is Cc1c(Cl)ccc2c1N(S(=O)(=O)c1ccc3c(c1)CCC(=O)N3)CCC2. The molecule has 0 aliphatic carbocycles. The Balaban J connectivity index is 1.80. The normalized spacial score (nSPS) is 16.7. The molecule has 1 amide bonds. The van der Waals surface area contributed by atoms with Crippen molar-refractivity contribution < 1.29 is 13.2 Å². The minimum absolute atomic E-state index is 0.0386. The van der Waals surface area contributed by atoms with E-state index in [1.54, 1.807) is 18.2 Å². The molecule has 4 rings (SSSR count). The number of halogens is 1. The number of carbonyl (C=O) groups is 1. The lowest BCUT2D eigenvalue weighted by molar-refractivity contribution is -0.116. The summed E-state index contributed by atoms with van der Waals surface area (Å²) in [6.45, 7) is 2.29. The molecular weight excluding hydrogens is 372 g/mol. The highest BCUT2D eigenvalue weighted by Gasteiger charge is 2.31. The van der Waals surface area contributed by atoms with E-state index in [-0.39, 0.29) is 10.8 Å². The van der Waals surface area contributed by atoms with Gasteiger partial charge in [0.15, 0.2) is 0 Å². The zero-order chi connectivity index (χ0) is 18.5. The third kappa shape index (κ3) is 2.77. The summed E-state index contributed by atoms with van der Waals surface area (Å²) in [5, 5.41) is 3.35. The molecule has 136 valence electrons. The zero-order valence-corrected chi connectivity index (χ0v) is 16.0. The summed E-state index contributed by atoms with van der Waals surface area (Å²) in [6, 6.07) is 8.66. The fourth-order valence-corrected chi connectivity index (χ4v) is 5.50. The van der Waals surface area contributed by atoms with Crippen molar-refractivity contribution in [3.05, 3.63) is 52.0 Å². The van der Waals surface area contributed by atoms with Crippen LogP contribution in [-0.4, -0.2) is 20.9 Å². The Bertz CT molecular complexity index is 1020. The second kappa shape index (κ2) is 6.28. The van der Waals surface area contributed by atoms with Crippen molar-refractivity contribution in [2.75, 3.05) is 16.2 Å². The van der Waals surface area contributed by atoms with E-state index < -0.39 is 10.0 Å². The van der Waals surface area contributed by atoms with Crippen LogP contribution in [0.2, 0.25) is 5.02 Å². The molecule has 0 bridgehead atoms. The van der Waals surface area contributed by atoms with Gasteiger partial charge in [-0.15, -0.1) is 0 Å². The Hall–Kier alpha value is -2.05. The van der Waals surface area contributed by atoms with Crippen molar-refractivity contribution >= 4 is 38.9 Å². The highest BCUT2D eigenvalue weighted by atomic mass is 35.5. The number of nitrogens with zero attached hydrogens (tertiary/aromatic N) is 1. The van der Waals surface area contributed by atoms with Gasteiger partial charge in [0.25, 0.3) is 10.0 Å². The van der Waals surface area contributed by atoms with E-state index in [9.17, 15) is 13.2 Å². The van der Waals surface area contributed by atoms with Crippen molar-refractivity contribution in [2.45, 2.75) is 37.5 Å². The first-order valence-corrected chi connectivity index (χ1v) is 10.4. The van der Waals surface area contributed by atoms with Crippen LogP contribution in [0.25, 0.3) is 0 Å². The maximum atomic E-state index is 13.4. The number of anilines is 2. The Kier molecular flexibility index (Phi) is 4.20. The summed E-state index contributed by atoms with van der Waals surface area (Å²) in [4.78, 5) is 11.8. The molecule has 0 fully saturated rings. The predicted octanol–water partition coefficient (Wildman–Crippen LogP) is 3.67. The largest absolute Gasteiger partial charge is 0.326 e. The summed E-state index contributed by atoms with van der Waals surface area (Å²) in [5.74, 6) is -0.0386. The maximum Gasteiger partial charge on any atom is 0.264 e. The van der Waals surface area contributed by atoms with E-state index in [1.807, 2.05) is 19.1 Å². The molecule has 0 radical (unpaired) electrons. The van der Waals surface area contributed by atoms with Gasteiger partial charge in [-0.25, -0.2) is 8.42 Å². The average molecular weight is 391 g/mol. The highest BCUT2D eigenvalue weighted by Crippen LogP contribution is 2.38. The molecule has 0 saturated heterocycles. The second-order valence-electron chi connectivity index (χ2n) is 6.73. The lowest BCUT2D eigenvalue weighted by Crippen LogP contribution is -2.36. The Morgan fingerprint density at radius 1 is 1.08 bits per heavy atom. The van der Waals surface area contributed by atoms with Crippen LogP contribution < -0.4 is 9.62 Å². The van der Waals surface area contributed by atoms with Crippen LogP contribution in [0, 0.1) is 6.92 Å². The third-order valence-electron chi connectivity index (χ3n) is 5.07. The lowest BCUT2D eigenvalue weighted by Gasteiger charge is -2.32. The maximum absolute atomic E-state index is 13.4. The summed E-state index contributed by atoms with van der Waals surface area (Å²) in [5.41, 5.74) is 4.04. The van der Waals surface area contributed by atoms with Gasteiger partial charge in [-0.2, -0.15) is 0 Å². The number of sulfonamides is 1. The van der Waals surface area contributed by atoms with Crippen molar-refractivity contribution in [1.29, 1.82) is 0 Å². The molecule has 2 aromatic carbocycles. The molecule has 2 heterocycles. The van der Waals surface area contributed by atoms with E-state index >= 15 is 0 Å². The molecule has 2 aromatic rings. The quantitative estimate of drug-likeness (QED) is 0.850. The molecule has 0 saturated carbocycles. The Labute approximate surface area is 158 Å². The smallest absolute Gasteiger partial charge is 0.264 e. The molecule has 2 aliphatic rings. The van der Waals surface area contributed by atoms with Gasteiger partial charge in [0.1, 0.15) is 0 Å². The Morgan fingerprint density at radius 3 is 2.69 bits per heavy atom. The molecule has 0 aromatic heterocycles. The van der Waals surface area contributed by atoms with Crippen LogP contribution in [-0.2, 0) is 27.7 Å². The first-order valence-electron chi connectivity index (χ1n) is 8.61. The first-order chi connectivity index (χ1) is 12.4. The predicted molar refractivity (Wildman–Crippen MR) is 102 cm³/mol. The molecule has 5 nitrogen and oxygen atoms in total. The minimum atomic E-state index is -3.70. The summed E-state index contributed by atoms with van der Waals surface area (Å²) in [6.07, 6.45) is 2.54. The highest BCUT2D eigenvalue weighted by molar-refractivity contribution is 7.92. The van der Waals surface area contributed by atoms with Crippen molar-refractivity contribution in [3.63, 3.8) is 0 Å². The van der Waals surface area contributed by atoms with Gasteiger partial charge in [-0.3, -0.25) is 9.10 Å². The van der Waals surface area contributed by atoms with Crippen LogP contribution in [0.15, 0.2) is 35.2 Å². The summed E-state index contributed by atoms with van der Waals surface area (Å²) >= 11 is 6.25. The second-order valence-corrected chi connectivity index (χ2v) is 9.00. The average Bonchev–Trinajstić information content (AvgIpc) is 2.63. The lowest BCUT2D eigenvalue weighted by atomic mass is 10.0. The van der Waals surface area contributed by atoms with Crippen molar-refractivity contribution in [1.82, 2.24) is 0 Å². The van der Waals surface area contributed by atoms with Crippen LogP contribution in [0.4, 0.5) is 11.4 Å². The zero-order valence-electron chi connectivity index (χ0n) is 14.4. The number of amides is 1. The minimum Gasteiger partial charge on any atom is -0.326 e. The number of fused-ring (bicyclic) bond motifs is 2.